The zero-order valence-electron chi connectivity index (χ0n) is 14.2. The van der Waals surface area contributed by atoms with E-state index in [1.54, 1.807) is 0 Å². The normalized spacial score (nSPS) is 14.4. The summed E-state index contributed by atoms with van der Waals surface area (Å²) in [4.78, 5) is 15.3. The number of H-pyrrole nitrogens is 1. The Morgan fingerprint density at radius 3 is 2.80 bits per heavy atom. The van der Waals surface area contributed by atoms with E-state index in [1.165, 1.54) is 28.5 Å². The molecule has 1 heterocycles. The van der Waals surface area contributed by atoms with E-state index in [2.05, 4.69) is 52.0 Å². The third-order valence-corrected chi connectivity index (χ3v) is 5.00. The number of fused-ring (bicyclic) bond motifs is 1. The van der Waals surface area contributed by atoms with Crippen LogP contribution in [0.15, 0.2) is 54.7 Å². The van der Waals surface area contributed by atoms with Crippen molar-refractivity contribution in [1.82, 2.24) is 10.3 Å². The van der Waals surface area contributed by atoms with Gasteiger partial charge in [0.1, 0.15) is 0 Å². The number of hydrogen-bond donors (Lipinski definition) is 3. The molecule has 4 rings (SSSR count). The quantitative estimate of drug-likeness (QED) is 0.633. The number of aromatic amines is 1. The van der Waals surface area contributed by atoms with Crippen LogP contribution in [0.3, 0.4) is 0 Å². The second-order valence-corrected chi connectivity index (χ2v) is 6.78. The lowest BCUT2D eigenvalue weighted by atomic mass is 9.85. The topological polar surface area (TPSA) is 56.9 Å². The second-order valence-electron chi connectivity index (χ2n) is 6.78. The second kappa shape index (κ2) is 7.11. The maximum atomic E-state index is 12.1. The highest BCUT2D eigenvalue weighted by Gasteiger charge is 2.25. The van der Waals surface area contributed by atoms with E-state index in [4.69, 9.17) is 0 Å². The predicted octanol–water partition coefficient (Wildman–Crippen LogP) is 4.20. The summed E-state index contributed by atoms with van der Waals surface area (Å²) in [6.07, 6.45) is 5.20. The van der Waals surface area contributed by atoms with Crippen molar-refractivity contribution in [2.75, 3.05) is 5.32 Å². The fourth-order valence-corrected chi connectivity index (χ4v) is 3.32. The molecular formula is C21H23N3O. The lowest BCUT2D eigenvalue weighted by molar-refractivity contribution is -0.122. The van der Waals surface area contributed by atoms with Crippen LogP contribution in [0.2, 0.25) is 0 Å². The van der Waals surface area contributed by atoms with Gasteiger partial charge in [-0.15, -0.1) is 0 Å². The Morgan fingerprint density at radius 2 is 1.96 bits per heavy atom. The summed E-state index contributed by atoms with van der Waals surface area (Å²) in [6.45, 7) is 1.59. The summed E-state index contributed by atoms with van der Waals surface area (Å²) in [5.41, 5.74) is 4.52. The van der Waals surface area contributed by atoms with Gasteiger partial charge in [0.05, 0.1) is 0 Å². The Kier molecular flexibility index (Phi) is 4.53. The molecule has 0 aliphatic heterocycles. The number of hydrogen-bond acceptors (Lipinski definition) is 2. The molecule has 1 amide bonds. The van der Waals surface area contributed by atoms with Crippen LogP contribution in [0.1, 0.15) is 30.4 Å². The first-order valence-electron chi connectivity index (χ1n) is 8.95. The maximum absolute atomic E-state index is 12.1. The molecule has 0 radical (unpaired) electrons. The Hall–Kier alpha value is -2.59. The summed E-state index contributed by atoms with van der Waals surface area (Å²) in [5.74, 6) is 0.374. The van der Waals surface area contributed by atoms with Gasteiger partial charge in [-0.25, -0.2) is 0 Å². The Labute approximate surface area is 147 Å². The first-order chi connectivity index (χ1) is 12.3. The third kappa shape index (κ3) is 3.59. The first-order valence-corrected chi connectivity index (χ1v) is 8.95. The van der Waals surface area contributed by atoms with Gasteiger partial charge in [-0.3, -0.25) is 4.79 Å². The van der Waals surface area contributed by atoms with Gasteiger partial charge in [-0.05, 0) is 48.2 Å². The molecule has 1 fully saturated rings. The molecule has 1 aromatic heterocycles. The highest BCUT2D eigenvalue weighted by Crippen LogP contribution is 2.27. The average Bonchev–Trinajstić information content (AvgIpc) is 3.03. The highest BCUT2D eigenvalue weighted by molar-refractivity contribution is 5.93. The van der Waals surface area contributed by atoms with Crippen LogP contribution in [-0.2, 0) is 17.9 Å². The fourth-order valence-electron chi connectivity index (χ4n) is 3.32. The van der Waals surface area contributed by atoms with Gasteiger partial charge in [-0.2, -0.15) is 0 Å². The van der Waals surface area contributed by atoms with Crippen LogP contribution in [0.4, 0.5) is 5.69 Å². The number of anilines is 1. The van der Waals surface area contributed by atoms with Gasteiger partial charge in [0.25, 0.3) is 0 Å². The van der Waals surface area contributed by atoms with Crippen LogP contribution < -0.4 is 10.6 Å². The van der Waals surface area contributed by atoms with Crippen molar-refractivity contribution in [2.24, 2.45) is 5.92 Å². The number of nitrogens with one attached hydrogen (secondary N) is 3. The van der Waals surface area contributed by atoms with Crippen molar-refractivity contribution in [1.29, 1.82) is 0 Å². The van der Waals surface area contributed by atoms with E-state index >= 15 is 0 Å². The fraction of sp³-hybridized carbons (Fsp3) is 0.286. The zero-order valence-corrected chi connectivity index (χ0v) is 14.2. The minimum Gasteiger partial charge on any atom is -0.361 e. The summed E-state index contributed by atoms with van der Waals surface area (Å²) in [5, 5.41) is 7.80. The summed E-state index contributed by atoms with van der Waals surface area (Å²) in [7, 11) is 0. The van der Waals surface area contributed by atoms with E-state index in [-0.39, 0.29) is 11.8 Å². The van der Waals surface area contributed by atoms with Gasteiger partial charge in [0, 0.05) is 41.8 Å². The van der Waals surface area contributed by atoms with Gasteiger partial charge < -0.3 is 15.6 Å². The standard InChI is InChI=1S/C21H23N3O/c25-21(16-5-2-6-16)24-18-8-1-4-15(12-18)13-22-14-17-7-3-9-20-19(17)10-11-23-20/h1,3-4,7-12,16,22-23H,2,5-6,13-14H2,(H,24,25). The van der Waals surface area contributed by atoms with Crippen LogP contribution >= 0.6 is 0 Å². The molecule has 4 heteroatoms. The SMILES string of the molecule is O=C(Nc1cccc(CNCc2cccc3[nH]ccc23)c1)C1CCC1. The van der Waals surface area contributed by atoms with Crippen LogP contribution in [0.25, 0.3) is 10.9 Å². The zero-order chi connectivity index (χ0) is 17.1. The number of benzene rings is 2. The lowest BCUT2D eigenvalue weighted by Crippen LogP contribution is -2.28. The number of amides is 1. The molecular weight excluding hydrogens is 310 g/mol. The summed E-state index contributed by atoms with van der Waals surface area (Å²) < 4.78 is 0. The molecule has 0 saturated heterocycles. The van der Waals surface area contributed by atoms with Gasteiger partial charge in [-0.1, -0.05) is 30.7 Å². The first kappa shape index (κ1) is 15.9. The molecule has 3 aromatic rings. The minimum absolute atomic E-state index is 0.162. The molecule has 1 aliphatic rings. The predicted molar refractivity (Wildman–Crippen MR) is 101 cm³/mol. The monoisotopic (exact) mass is 333 g/mol. The molecule has 0 atom stereocenters. The van der Waals surface area contributed by atoms with Crippen molar-refractivity contribution in [3.63, 3.8) is 0 Å². The van der Waals surface area contributed by atoms with E-state index in [0.717, 1.165) is 31.6 Å². The minimum atomic E-state index is 0.162. The van der Waals surface area contributed by atoms with E-state index < -0.39 is 0 Å². The molecule has 1 aliphatic carbocycles. The number of carbonyl (C=O) groups is 1. The third-order valence-electron chi connectivity index (χ3n) is 5.00. The highest BCUT2D eigenvalue weighted by atomic mass is 16.1. The van der Waals surface area contributed by atoms with Crippen LogP contribution in [0.5, 0.6) is 0 Å². The summed E-state index contributed by atoms with van der Waals surface area (Å²) in [6, 6.07) is 16.5. The molecule has 0 bridgehead atoms. The van der Waals surface area contributed by atoms with Crippen molar-refractivity contribution in [3.05, 3.63) is 65.9 Å². The van der Waals surface area contributed by atoms with Crippen molar-refractivity contribution in [3.8, 4) is 0 Å². The Bertz CT molecular complexity index is 879. The van der Waals surface area contributed by atoms with Crippen molar-refractivity contribution >= 4 is 22.5 Å². The number of carbonyl (C=O) groups excluding carboxylic acids is 1. The van der Waals surface area contributed by atoms with Crippen LogP contribution in [0, 0.1) is 5.92 Å². The Morgan fingerprint density at radius 1 is 1.08 bits per heavy atom. The van der Waals surface area contributed by atoms with Gasteiger partial charge in [0.15, 0.2) is 0 Å². The van der Waals surface area contributed by atoms with Crippen molar-refractivity contribution < 1.29 is 4.79 Å². The van der Waals surface area contributed by atoms with Crippen LogP contribution in [-0.4, -0.2) is 10.9 Å². The summed E-state index contributed by atoms with van der Waals surface area (Å²) >= 11 is 0. The number of rotatable bonds is 6. The average molecular weight is 333 g/mol. The Balaban J connectivity index is 1.35. The van der Waals surface area contributed by atoms with E-state index in [1.807, 2.05) is 18.3 Å². The molecule has 1 saturated carbocycles. The van der Waals surface area contributed by atoms with E-state index in [0.29, 0.717) is 0 Å². The molecule has 0 spiro atoms. The smallest absolute Gasteiger partial charge is 0.227 e. The molecule has 128 valence electrons. The molecule has 25 heavy (non-hydrogen) atoms. The lowest BCUT2D eigenvalue weighted by Gasteiger charge is -2.24. The molecule has 3 N–H and O–H groups in total. The van der Waals surface area contributed by atoms with Gasteiger partial charge in [0.2, 0.25) is 5.91 Å². The largest absolute Gasteiger partial charge is 0.361 e. The molecule has 2 aromatic carbocycles. The molecule has 4 nitrogen and oxygen atoms in total. The number of aromatic nitrogens is 1. The molecule has 0 unspecified atom stereocenters. The maximum Gasteiger partial charge on any atom is 0.227 e. The van der Waals surface area contributed by atoms with E-state index in [9.17, 15) is 4.79 Å². The van der Waals surface area contributed by atoms with Crippen molar-refractivity contribution in [2.45, 2.75) is 32.4 Å². The van der Waals surface area contributed by atoms with Gasteiger partial charge >= 0.3 is 0 Å².